The van der Waals surface area contributed by atoms with E-state index in [0.717, 1.165) is 10.5 Å². The maximum Gasteiger partial charge on any atom is 0.266 e. The topological polar surface area (TPSA) is 87.5 Å². The van der Waals surface area contributed by atoms with E-state index in [0.29, 0.717) is 17.3 Å². The first-order chi connectivity index (χ1) is 12.9. The number of carbonyl (C=O) groups is 2. The number of rotatable bonds is 4. The summed E-state index contributed by atoms with van der Waals surface area (Å²) in [6, 6.07) is 6.44. The first-order valence-corrected chi connectivity index (χ1v) is 9.88. The predicted molar refractivity (Wildman–Crippen MR) is 106 cm³/mol. The zero-order valence-electron chi connectivity index (χ0n) is 15.6. The van der Waals surface area contributed by atoms with E-state index in [1.165, 1.54) is 16.7 Å². The summed E-state index contributed by atoms with van der Waals surface area (Å²) in [6.45, 7) is 5.55. The number of thioether (sulfide) groups is 1. The van der Waals surface area contributed by atoms with Crippen LogP contribution in [0.1, 0.15) is 26.3 Å². The summed E-state index contributed by atoms with van der Waals surface area (Å²) in [5, 5.41) is 13.5. The third kappa shape index (κ3) is 4.63. The zero-order chi connectivity index (χ0) is 20.1. The molecule has 2 aromatic rings. The van der Waals surface area contributed by atoms with Gasteiger partial charge in [0, 0.05) is 18.3 Å². The lowest BCUT2D eigenvalue weighted by molar-refractivity contribution is -0.132. The lowest BCUT2D eigenvalue weighted by Crippen LogP contribution is -2.52. The zero-order valence-corrected chi connectivity index (χ0v) is 17.2. The number of hydrogen-bond donors (Lipinski definition) is 2. The third-order valence-electron chi connectivity index (χ3n) is 4.00. The SMILES string of the molecule is CC.C[C@@H](C(=O)NO)N1C(=O)C(Cc2ccc(Cl)cc2)Sc2cn(C)nc21. The van der Waals surface area contributed by atoms with Gasteiger partial charge in [0.1, 0.15) is 6.04 Å². The molecular weight excluding hydrogens is 388 g/mol. The Morgan fingerprint density at radius 2 is 2.00 bits per heavy atom. The fourth-order valence-electron chi connectivity index (χ4n) is 2.72. The van der Waals surface area contributed by atoms with Crippen LogP contribution in [0.3, 0.4) is 0 Å². The van der Waals surface area contributed by atoms with Crippen molar-refractivity contribution in [2.24, 2.45) is 7.05 Å². The minimum absolute atomic E-state index is 0.220. The molecule has 0 saturated heterocycles. The van der Waals surface area contributed by atoms with Crippen molar-refractivity contribution in [2.45, 2.75) is 43.4 Å². The molecule has 1 aromatic carbocycles. The Labute approximate surface area is 167 Å². The maximum atomic E-state index is 13.0. The van der Waals surface area contributed by atoms with Gasteiger partial charge in [0.2, 0.25) is 5.91 Å². The van der Waals surface area contributed by atoms with E-state index in [-0.39, 0.29) is 5.91 Å². The van der Waals surface area contributed by atoms with Gasteiger partial charge >= 0.3 is 0 Å². The van der Waals surface area contributed by atoms with Crippen LogP contribution in [0.4, 0.5) is 5.82 Å². The Kier molecular flexibility index (Phi) is 7.29. The summed E-state index contributed by atoms with van der Waals surface area (Å²) in [4.78, 5) is 27.0. The van der Waals surface area contributed by atoms with E-state index in [4.69, 9.17) is 16.8 Å². The van der Waals surface area contributed by atoms with E-state index in [2.05, 4.69) is 5.10 Å². The number of hydrogen-bond acceptors (Lipinski definition) is 5. The fourth-order valence-corrected chi connectivity index (χ4v) is 4.10. The van der Waals surface area contributed by atoms with Gasteiger partial charge in [0.25, 0.3) is 5.91 Å². The molecule has 3 rings (SSSR count). The smallest absolute Gasteiger partial charge is 0.266 e. The van der Waals surface area contributed by atoms with Crippen LogP contribution in [0.15, 0.2) is 35.4 Å². The summed E-state index contributed by atoms with van der Waals surface area (Å²) in [6.07, 6.45) is 2.32. The lowest BCUT2D eigenvalue weighted by Gasteiger charge is -2.33. The van der Waals surface area contributed by atoms with Gasteiger partial charge in [-0.3, -0.25) is 24.4 Å². The van der Waals surface area contributed by atoms with Crippen LogP contribution in [-0.2, 0) is 23.1 Å². The van der Waals surface area contributed by atoms with E-state index in [9.17, 15) is 9.59 Å². The van der Waals surface area contributed by atoms with Crippen molar-refractivity contribution in [3.8, 4) is 0 Å². The van der Waals surface area contributed by atoms with Crippen LogP contribution in [0.5, 0.6) is 0 Å². The maximum absolute atomic E-state index is 13.0. The van der Waals surface area contributed by atoms with Gasteiger partial charge in [-0.15, -0.1) is 11.8 Å². The number of aryl methyl sites for hydroxylation is 1. The van der Waals surface area contributed by atoms with Crippen molar-refractivity contribution in [2.75, 3.05) is 4.90 Å². The Balaban J connectivity index is 0.00000126. The molecule has 27 heavy (non-hydrogen) atoms. The van der Waals surface area contributed by atoms with Crippen LogP contribution in [0.2, 0.25) is 5.02 Å². The molecule has 1 aromatic heterocycles. The van der Waals surface area contributed by atoms with Crippen LogP contribution >= 0.6 is 23.4 Å². The predicted octanol–water partition coefficient (Wildman–Crippen LogP) is 3.04. The molecule has 1 aliphatic rings. The van der Waals surface area contributed by atoms with Crippen molar-refractivity contribution < 1.29 is 14.8 Å². The molecule has 2 heterocycles. The molecule has 2 amide bonds. The number of amides is 2. The average molecular weight is 411 g/mol. The molecule has 2 atom stereocenters. The van der Waals surface area contributed by atoms with Gasteiger partial charge in [-0.1, -0.05) is 37.6 Å². The molecule has 146 valence electrons. The van der Waals surface area contributed by atoms with Crippen LogP contribution in [-0.4, -0.2) is 38.1 Å². The number of benzene rings is 1. The third-order valence-corrected chi connectivity index (χ3v) is 5.45. The molecule has 1 aliphatic heterocycles. The number of halogens is 1. The first kappa shape index (κ1) is 21.3. The van der Waals surface area contributed by atoms with E-state index in [1.54, 1.807) is 36.3 Å². The van der Waals surface area contributed by atoms with Crippen LogP contribution in [0.25, 0.3) is 0 Å². The van der Waals surface area contributed by atoms with E-state index < -0.39 is 17.2 Å². The van der Waals surface area contributed by atoms with Gasteiger partial charge in [-0.05, 0) is 31.0 Å². The quantitative estimate of drug-likeness (QED) is 0.597. The highest BCUT2D eigenvalue weighted by Crippen LogP contribution is 2.40. The van der Waals surface area contributed by atoms with Gasteiger partial charge in [0.15, 0.2) is 5.82 Å². The highest BCUT2D eigenvalue weighted by atomic mass is 35.5. The van der Waals surface area contributed by atoms with Gasteiger partial charge in [0.05, 0.1) is 10.1 Å². The molecule has 0 radical (unpaired) electrons. The average Bonchev–Trinajstić information content (AvgIpc) is 3.04. The van der Waals surface area contributed by atoms with Gasteiger partial charge in [-0.25, -0.2) is 5.48 Å². The monoisotopic (exact) mass is 410 g/mol. The second kappa shape index (κ2) is 9.25. The summed E-state index contributed by atoms with van der Waals surface area (Å²) in [5.74, 6) is -0.453. The molecule has 9 heteroatoms. The fraction of sp³-hybridized carbons (Fsp3) is 0.389. The summed E-state index contributed by atoms with van der Waals surface area (Å²) >= 11 is 7.33. The van der Waals surface area contributed by atoms with E-state index >= 15 is 0 Å². The molecule has 0 aliphatic carbocycles. The van der Waals surface area contributed by atoms with Gasteiger partial charge in [-0.2, -0.15) is 5.10 Å². The second-order valence-corrected chi connectivity index (χ2v) is 7.47. The summed E-state index contributed by atoms with van der Waals surface area (Å²) < 4.78 is 1.60. The van der Waals surface area contributed by atoms with Crippen LogP contribution in [0, 0.1) is 0 Å². The molecule has 2 N–H and O–H groups in total. The second-order valence-electron chi connectivity index (χ2n) is 5.79. The Morgan fingerprint density at radius 3 is 2.59 bits per heavy atom. The van der Waals surface area contributed by atoms with Crippen molar-refractivity contribution in [1.29, 1.82) is 0 Å². The molecule has 7 nitrogen and oxygen atoms in total. The minimum atomic E-state index is -0.875. The molecule has 0 saturated carbocycles. The summed E-state index contributed by atoms with van der Waals surface area (Å²) in [5.41, 5.74) is 2.58. The first-order valence-electron chi connectivity index (χ1n) is 8.62. The molecular formula is C18H23ClN4O3S. The normalized spacial score (nSPS) is 16.9. The van der Waals surface area contributed by atoms with Crippen molar-refractivity contribution in [3.05, 3.63) is 41.0 Å². The number of fused-ring (bicyclic) bond motifs is 1. The standard InChI is InChI=1S/C16H17ClN4O3S.C2H6/c1-9(15(22)19-24)21-14-13(8-20(2)18-14)25-12(16(21)23)7-10-3-5-11(17)6-4-10;1-2/h3-6,8-9,12,24H,7H2,1-2H3,(H,19,22);1-2H3/t9-,12?;/m0./s1. The number of anilines is 1. The molecule has 0 spiro atoms. The lowest BCUT2D eigenvalue weighted by atomic mass is 10.1. The van der Waals surface area contributed by atoms with E-state index in [1.807, 2.05) is 32.2 Å². The number of carbonyl (C=O) groups excluding carboxylic acids is 2. The van der Waals surface area contributed by atoms with Crippen molar-refractivity contribution in [3.63, 3.8) is 0 Å². The highest BCUT2D eigenvalue weighted by molar-refractivity contribution is 8.01. The number of hydroxylamine groups is 1. The molecule has 0 fully saturated rings. The number of nitrogens with one attached hydrogen (secondary N) is 1. The van der Waals surface area contributed by atoms with Crippen LogP contribution < -0.4 is 10.4 Å². The molecule has 1 unspecified atom stereocenters. The summed E-state index contributed by atoms with van der Waals surface area (Å²) in [7, 11) is 1.76. The van der Waals surface area contributed by atoms with Crippen molar-refractivity contribution >= 4 is 41.0 Å². The number of nitrogens with zero attached hydrogens (tertiary/aromatic N) is 3. The van der Waals surface area contributed by atoms with Crippen molar-refractivity contribution in [1.82, 2.24) is 15.3 Å². The minimum Gasteiger partial charge on any atom is -0.289 e. The largest absolute Gasteiger partial charge is 0.289 e. The Morgan fingerprint density at radius 1 is 1.37 bits per heavy atom. The Bertz CT molecular complexity index is 809. The number of aromatic nitrogens is 2. The Hall–Kier alpha value is -2.03. The molecule has 0 bridgehead atoms. The highest BCUT2D eigenvalue weighted by Gasteiger charge is 2.40. The van der Waals surface area contributed by atoms with Gasteiger partial charge < -0.3 is 0 Å².